The van der Waals surface area contributed by atoms with Crippen LogP contribution in [0, 0.1) is 6.92 Å². The van der Waals surface area contributed by atoms with Crippen LogP contribution in [0.3, 0.4) is 0 Å². The zero-order valence-electron chi connectivity index (χ0n) is 13.8. The molecule has 0 bridgehead atoms. The van der Waals surface area contributed by atoms with E-state index < -0.39 is 6.29 Å². The molecule has 0 atom stereocenters. The second-order valence-electron chi connectivity index (χ2n) is 5.02. The molecule has 0 spiro atoms. The molecule has 0 radical (unpaired) electrons. The van der Waals surface area contributed by atoms with Gasteiger partial charge < -0.3 is 14.2 Å². The lowest BCUT2D eigenvalue weighted by Crippen LogP contribution is -2.12. The largest absolute Gasteiger partial charge is 0.461 e. The highest BCUT2D eigenvalue weighted by molar-refractivity contribution is 9.10. The van der Waals surface area contributed by atoms with Crippen LogP contribution in [0.5, 0.6) is 0 Å². The van der Waals surface area contributed by atoms with Crippen LogP contribution in [-0.2, 0) is 25.6 Å². The van der Waals surface area contributed by atoms with Gasteiger partial charge in [0.2, 0.25) is 6.29 Å². The first-order valence-corrected chi connectivity index (χ1v) is 8.31. The predicted molar refractivity (Wildman–Crippen MR) is 89.1 cm³/mol. The first kappa shape index (κ1) is 17.9. The van der Waals surface area contributed by atoms with Crippen LogP contribution in [-0.4, -0.2) is 28.8 Å². The normalized spacial score (nSPS) is 11.4. The van der Waals surface area contributed by atoms with Crippen molar-refractivity contribution in [2.75, 3.05) is 13.2 Å². The highest BCUT2D eigenvalue weighted by Crippen LogP contribution is 2.29. The van der Waals surface area contributed by atoms with Gasteiger partial charge in [-0.25, -0.2) is 4.52 Å². The van der Waals surface area contributed by atoms with Crippen LogP contribution >= 0.6 is 15.9 Å². The topological polar surface area (TPSA) is 62.1 Å². The fraction of sp³-hybridized carbons (Fsp3) is 0.500. The highest BCUT2D eigenvalue weighted by Gasteiger charge is 2.24. The van der Waals surface area contributed by atoms with Gasteiger partial charge in [0.15, 0.2) is 0 Å². The van der Waals surface area contributed by atoms with E-state index in [4.69, 9.17) is 14.2 Å². The molecule has 7 heteroatoms. The lowest BCUT2D eigenvalue weighted by molar-refractivity contribution is -0.146. The van der Waals surface area contributed by atoms with E-state index >= 15 is 0 Å². The summed E-state index contributed by atoms with van der Waals surface area (Å²) in [4.78, 5) is 11.2. The fourth-order valence-electron chi connectivity index (χ4n) is 2.44. The second-order valence-corrected chi connectivity index (χ2v) is 5.94. The van der Waals surface area contributed by atoms with Gasteiger partial charge in [-0.1, -0.05) is 0 Å². The molecule has 2 aromatic heterocycles. The van der Waals surface area contributed by atoms with Crippen molar-refractivity contribution in [2.45, 2.75) is 40.6 Å². The number of rotatable bonds is 7. The average Bonchev–Trinajstić information content (AvgIpc) is 2.83. The van der Waals surface area contributed by atoms with Gasteiger partial charge in [-0.2, -0.15) is 5.10 Å². The monoisotopic (exact) mass is 384 g/mol. The quantitative estimate of drug-likeness (QED) is 0.539. The van der Waals surface area contributed by atoms with E-state index in [9.17, 15) is 4.79 Å². The van der Waals surface area contributed by atoms with Crippen molar-refractivity contribution < 1.29 is 19.0 Å². The molecule has 2 aromatic rings. The third-order valence-electron chi connectivity index (χ3n) is 3.29. The molecule has 0 aromatic carbocycles. The molecule has 0 saturated carbocycles. The first-order chi connectivity index (χ1) is 11.0. The minimum absolute atomic E-state index is 0.132. The number of halogens is 1. The van der Waals surface area contributed by atoms with Crippen molar-refractivity contribution in [3.05, 3.63) is 33.6 Å². The fourth-order valence-corrected chi connectivity index (χ4v) is 2.98. The molecule has 0 unspecified atom stereocenters. The zero-order chi connectivity index (χ0) is 17.0. The van der Waals surface area contributed by atoms with Gasteiger partial charge >= 0.3 is 5.97 Å². The lowest BCUT2D eigenvalue weighted by atomic mass is 10.1. The number of esters is 1. The second kappa shape index (κ2) is 7.90. The average molecular weight is 385 g/mol. The number of aryl methyl sites for hydroxylation is 1. The Morgan fingerprint density at radius 3 is 2.57 bits per heavy atom. The Hall–Kier alpha value is -1.44. The molecule has 2 rings (SSSR count). The van der Waals surface area contributed by atoms with Gasteiger partial charge in [-0.15, -0.1) is 0 Å². The number of hydrogen-bond acceptors (Lipinski definition) is 5. The Morgan fingerprint density at radius 1 is 1.35 bits per heavy atom. The van der Waals surface area contributed by atoms with Gasteiger partial charge in [-0.05, 0) is 48.3 Å². The molecule has 23 heavy (non-hydrogen) atoms. The number of carbonyl (C=O) groups is 1. The molecule has 6 nitrogen and oxygen atoms in total. The van der Waals surface area contributed by atoms with E-state index in [2.05, 4.69) is 21.0 Å². The summed E-state index contributed by atoms with van der Waals surface area (Å²) in [6.07, 6.45) is 1.27. The van der Waals surface area contributed by atoms with E-state index in [1.165, 1.54) is 6.92 Å². The number of aromatic nitrogens is 2. The Bertz CT molecular complexity index is 693. The summed E-state index contributed by atoms with van der Waals surface area (Å²) in [5, 5.41) is 4.60. The maximum absolute atomic E-state index is 11.2. The van der Waals surface area contributed by atoms with E-state index in [1.807, 2.05) is 33.0 Å². The Kier molecular flexibility index (Phi) is 6.15. The predicted octanol–water partition coefficient (Wildman–Crippen LogP) is 3.54. The summed E-state index contributed by atoms with van der Waals surface area (Å²) >= 11 is 3.47. The van der Waals surface area contributed by atoms with Crippen LogP contribution in [0.15, 0.2) is 16.7 Å². The number of nitrogens with zero attached hydrogens (tertiary/aromatic N) is 2. The molecule has 2 heterocycles. The van der Waals surface area contributed by atoms with Crippen molar-refractivity contribution in [1.29, 1.82) is 0 Å². The molecule has 0 saturated heterocycles. The smallest absolute Gasteiger partial charge is 0.302 e. The van der Waals surface area contributed by atoms with Crippen molar-refractivity contribution in [1.82, 2.24) is 9.61 Å². The molecule has 0 aliphatic carbocycles. The van der Waals surface area contributed by atoms with Crippen molar-refractivity contribution in [2.24, 2.45) is 0 Å². The summed E-state index contributed by atoms with van der Waals surface area (Å²) in [6.45, 7) is 8.29. The molecular formula is C16H21BrN2O4. The van der Waals surface area contributed by atoms with Crippen LogP contribution in [0.25, 0.3) is 5.52 Å². The molecule has 0 aliphatic heterocycles. The third-order valence-corrected chi connectivity index (χ3v) is 3.73. The van der Waals surface area contributed by atoms with Crippen LogP contribution in [0.1, 0.15) is 43.9 Å². The standard InChI is InChI=1S/C16H21BrN2O4/c1-5-21-16(22-6-2)14-13(9-23-11(4)20)15-10(3)7-12(17)8-19(15)18-14/h7-8,16H,5-6,9H2,1-4H3. The molecule has 126 valence electrons. The van der Waals surface area contributed by atoms with Crippen LogP contribution in [0.4, 0.5) is 0 Å². The zero-order valence-corrected chi connectivity index (χ0v) is 15.3. The van der Waals surface area contributed by atoms with Gasteiger partial charge in [0.25, 0.3) is 0 Å². The SMILES string of the molecule is CCOC(OCC)c1nn2cc(Br)cc(C)c2c1COC(C)=O. The van der Waals surface area contributed by atoms with Gasteiger partial charge in [0, 0.05) is 36.4 Å². The van der Waals surface area contributed by atoms with Crippen LogP contribution < -0.4 is 0 Å². The molecule has 0 aliphatic rings. The maximum Gasteiger partial charge on any atom is 0.302 e. The van der Waals surface area contributed by atoms with Crippen molar-refractivity contribution in [3.63, 3.8) is 0 Å². The summed E-state index contributed by atoms with van der Waals surface area (Å²) in [5.41, 5.74) is 3.36. The number of ether oxygens (including phenoxy) is 3. The number of fused-ring (bicyclic) bond motifs is 1. The van der Waals surface area contributed by atoms with E-state index in [0.717, 1.165) is 21.1 Å². The van der Waals surface area contributed by atoms with Crippen molar-refractivity contribution >= 4 is 27.4 Å². The highest BCUT2D eigenvalue weighted by atomic mass is 79.9. The van der Waals surface area contributed by atoms with E-state index in [-0.39, 0.29) is 12.6 Å². The minimum atomic E-state index is -0.589. The Balaban J connectivity index is 2.58. The lowest BCUT2D eigenvalue weighted by Gasteiger charge is -2.16. The summed E-state index contributed by atoms with van der Waals surface area (Å²) in [5.74, 6) is -0.338. The van der Waals surface area contributed by atoms with Gasteiger partial charge in [0.05, 0.1) is 5.52 Å². The maximum atomic E-state index is 11.2. The summed E-state index contributed by atoms with van der Waals surface area (Å²) in [6, 6.07) is 1.99. The van der Waals surface area contributed by atoms with Crippen LogP contribution in [0.2, 0.25) is 0 Å². The molecular weight excluding hydrogens is 364 g/mol. The third kappa shape index (κ3) is 4.10. The molecule has 0 fully saturated rings. The summed E-state index contributed by atoms with van der Waals surface area (Å²) < 4.78 is 19.2. The van der Waals surface area contributed by atoms with E-state index in [0.29, 0.717) is 18.9 Å². The van der Waals surface area contributed by atoms with Crippen molar-refractivity contribution in [3.8, 4) is 0 Å². The Labute approximate surface area is 143 Å². The molecule has 0 amide bonds. The molecule has 0 N–H and O–H groups in total. The van der Waals surface area contributed by atoms with Gasteiger partial charge in [0.1, 0.15) is 12.3 Å². The number of hydrogen-bond donors (Lipinski definition) is 0. The first-order valence-electron chi connectivity index (χ1n) is 7.51. The summed E-state index contributed by atoms with van der Waals surface area (Å²) in [7, 11) is 0. The Morgan fingerprint density at radius 2 is 2.00 bits per heavy atom. The van der Waals surface area contributed by atoms with E-state index in [1.54, 1.807) is 4.52 Å². The number of pyridine rings is 1. The minimum Gasteiger partial charge on any atom is -0.461 e. The number of carbonyl (C=O) groups excluding carboxylic acids is 1. The van der Waals surface area contributed by atoms with Gasteiger partial charge in [-0.3, -0.25) is 4.79 Å².